The SMILES string of the molecule is COCCOCCCn1c(N)nc2cc(OC)ccc21. The Labute approximate surface area is 118 Å². The maximum Gasteiger partial charge on any atom is 0.201 e. The molecule has 0 saturated heterocycles. The Bertz CT molecular complexity index is 554. The third-order valence-corrected chi connectivity index (χ3v) is 3.09. The van der Waals surface area contributed by atoms with Crippen molar-refractivity contribution >= 4 is 17.0 Å². The van der Waals surface area contributed by atoms with Crippen LogP contribution in [0.15, 0.2) is 18.2 Å². The second kappa shape index (κ2) is 7.12. The molecule has 6 heteroatoms. The van der Waals surface area contributed by atoms with Gasteiger partial charge in [0.2, 0.25) is 5.95 Å². The van der Waals surface area contributed by atoms with E-state index in [0.717, 1.165) is 29.7 Å². The number of imidazole rings is 1. The zero-order valence-corrected chi connectivity index (χ0v) is 12.0. The molecule has 0 aliphatic carbocycles. The number of fused-ring (bicyclic) bond motifs is 1. The van der Waals surface area contributed by atoms with Crippen LogP contribution in [0.25, 0.3) is 11.0 Å². The summed E-state index contributed by atoms with van der Waals surface area (Å²) >= 11 is 0. The normalized spacial score (nSPS) is 11.1. The van der Waals surface area contributed by atoms with Gasteiger partial charge in [0.25, 0.3) is 0 Å². The fourth-order valence-electron chi connectivity index (χ4n) is 2.06. The van der Waals surface area contributed by atoms with E-state index in [1.165, 1.54) is 0 Å². The van der Waals surface area contributed by atoms with E-state index in [9.17, 15) is 0 Å². The van der Waals surface area contributed by atoms with Gasteiger partial charge in [-0.25, -0.2) is 4.98 Å². The maximum absolute atomic E-state index is 5.96. The van der Waals surface area contributed by atoms with Gasteiger partial charge in [-0.1, -0.05) is 0 Å². The van der Waals surface area contributed by atoms with Crippen molar-refractivity contribution in [1.82, 2.24) is 9.55 Å². The summed E-state index contributed by atoms with van der Waals surface area (Å²) in [5.74, 6) is 1.30. The summed E-state index contributed by atoms with van der Waals surface area (Å²) in [5, 5.41) is 0. The van der Waals surface area contributed by atoms with Crippen LogP contribution in [0.4, 0.5) is 5.95 Å². The van der Waals surface area contributed by atoms with Crippen molar-refractivity contribution in [1.29, 1.82) is 0 Å². The van der Waals surface area contributed by atoms with Crippen LogP contribution in [-0.4, -0.2) is 43.6 Å². The van der Waals surface area contributed by atoms with Crippen LogP contribution in [0.3, 0.4) is 0 Å². The van der Waals surface area contributed by atoms with Gasteiger partial charge in [0.15, 0.2) is 0 Å². The number of nitrogens with zero attached hydrogens (tertiary/aromatic N) is 2. The van der Waals surface area contributed by atoms with Crippen LogP contribution in [0.2, 0.25) is 0 Å². The van der Waals surface area contributed by atoms with E-state index in [1.54, 1.807) is 14.2 Å². The average Bonchev–Trinajstić information content (AvgIpc) is 2.77. The Morgan fingerprint density at radius 3 is 2.80 bits per heavy atom. The number of aromatic nitrogens is 2. The minimum absolute atomic E-state index is 0.519. The molecule has 0 radical (unpaired) electrons. The first-order chi connectivity index (χ1) is 9.76. The summed E-state index contributed by atoms with van der Waals surface area (Å²) in [7, 11) is 3.30. The molecule has 1 aromatic heterocycles. The lowest BCUT2D eigenvalue weighted by Crippen LogP contribution is -2.08. The number of anilines is 1. The molecule has 0 spiro atoms. The van der Waals surface area contributed by atoms with Gasteiger partial charge in [-0.2, -0.15) is 0 Å². The number of methoxy groups -OCH3 is 2. The Balaban J connectivity index is 1.97. The third-order valence-electron chi connectivity index (χ3n) is 3.09. The number of nitrogen functional groups attached to an aromatic ring is 1. The van der Waals surface area contributed by atoms with Gasteiger partial charge in [-0.15, -0.1) is 0 Å². The summed E-state index contributed by atoms with van der Waals surface area (Å²) in [4.78, 5) is 4.35. The monoisotopic (exact) mass is 279 g/mol. The van der Waals surface area contributed by atoms with E-state index in [2.05, 4.69) is 4.98 Å². The molecule has 110 valence electrons. The molecule has 0 atom stereocenters. The van der Waals surface area contributed by atoms with Crippen molar-refractivity contribution in [2.24, 2.45) is 0 Å². The van der Waals surface area contributed by atoms with Crippen molar-refractivity contribution in [3.63, 3.8) is 0 Å². The molecule has 0 saturated carbocycles. The molecule has 0 amide bonds. The van der Waals surface area contributed by atoms with Crippen LogP contribution < -0.4 is 10.5 Å². The van der Waals surface area contributed by atoms with Crippen molar-refractivity contribution in [3.05, 3.63) is 18.2 Å². The highest BCUT2D eigenvalue weighted by Gasteiger charge is 2.08. The highest BCUT2D eigenvalue weighted by molar-refractivity contribution is 5.79. The van der Waals surface area contributed by atoms with Crippen LogP contribution in [0.1, 0.15) is 6.42 Å². The van der Waals surface area contributed by atoms with E-state index >= 15 is 0 Å². The van der Waals surface area contributed by atoms with E-state index in [4.69, 9.17) is 19.9 Å². The van der Waals surface area contributed by atoms with E-state index in [1.807, 2.05) is 22.8 Å². The Morgan fingerprint density at radius 2 is 2.05 bits per heavy atom. The van der Waals surface area contributed by atoms with Crippen LogP contribution >= 0.6 is 0 Å². The second-order valence-corrected chi connectivity index (χ2v) is 4.44. The molecule has 1 aromatic carbocycles. The summed E-state index contributed by atoms with van der Waals surface area (Å²) in [6.45, 7) is 2.70. The first-order valence-corrected chi connectivity index (χ1v) is 6.62. The van der Waals surface area contributed by atoms with Crippen LogP contribution in [0, 0.1) is 0 Å². The van der Waals surface area contributed by atoms with Crippen LogP contribution in [0.5, 0.6) is 5.75 Å². The van der Waals surface area contributed by atoms with Crippen molar-refractivity contribution in [2.75, 3.05) is 39.8 Å². The Kier molecular flexibility index (Phi) is 5.20. The predicted octanol–water partition coefficient (Wildman–Crippen LogP) is 1.68. The summed E-state index contributed by atoms with van der Waals surface area (Å²) in [6.07, 6.45) is 0.880. The third kappa shape index (κ3) is 3.40. The minimum Gasteiger partial charge on any atom is -0.497 e. The van der Waals surface area contributed by atoms with Gasteiger partial charge in [0.1, 0.15) is 5.75 Å². The largest absolute Gasteiger partial charge is 0.497 e. The molecule has 0 bridgehead atoms. The Morgan fingerprint density at radius 1 is 1.20 bits per heavy atom. The minimum atomic E-state index is 0.519. The molecule has 6 nitrogen and oxygen atoms in total. The van der Waals surface area contributed by atoms with Crippen molar-refractivity contribution < 1.29 is 14.2 Å². The highest BCUT2D eigenvalue weighted by atomic mass is 16.5. The fraction of sp³-hybridized carbons (Fsp3) is 0.500. The summed E-state index contributed by atoms with van der Waals surface area (Å²) in [6, 6.07) is 5.77. The number of benzene rings is 1. The van der Waals surface area contributed by atoms with Gasteiger partial charge in [-0.3, -0.25) is 0 Å². The number of ether oxygens (including phenoxy) is 3. The molecular weight excluding hydrogens is 258 g/mol. The zero-order valence-electron chi connectivity index (χ0n) is 12.0. The average molecular weight is 279 g/mol. The lowest BCUT2D eigenvalue weighted by Gasteiger charge is -2.07. The van der Waals surface area contributed by atoms with Crippen molar-refractivity contribution in [3.8, 4) is 5.75 Å². The Hall–Kier alpha value is -1.79. The molecule has 2 aromatic rings. The molecule has 0 unspecified atom stereocenters. The lowest BCUT2D eigenvalue weighted by atomic mass is 10.3. The molecule has 1 heterocycles. The zero-order chi connectivity index (χ0) is 14.4. The topological polar surface area (TPSA) is 71.5 Å². The lowest BCUT2D eigenvalue weighted by molar-refractivity contribution is 0.0682. The smallest absolute Gasteiger partial charge is 0.201 e. The predicted molar refractivity (Wildman–Crippen MR) is 78.0 cm³/mol. The number of aryl methyl sites for hydroxylation is 1. The maximum atomic E-state index is 5.96. The van der Waals surface area contributed by atoms with Crippen LogP contribution in [-0.2, 0) is 16.0 Å². The second-order valence-electron chi connectivity index (χ2n) is 4.44. The molecule has 0 aliphatic rings. The summed E-state index contributed by atoms with van der Waals surface area (Å²) in [5.41, 5.74) is 7.82. The van der Waals surface area contributed by atoms with Crippen molar-refractivity contribution in [2.45, 2.75) is 13.0 Å². The number of hydrogen-bond donors (Lipinski definition) is 1. The molecule has 2 rings (SSSR count). The van der Waals surface area contributed by atoms with Gasteiger partial charge < -0.3 is 24.5 Å². The van der Waals surface area contributed by atoms with Gasteiger partial charge in [-0.05, 0) is 18.6 Å². The first kappa shape index (κ1) is 14.6. The first-order valence-electron chi connectivity index (χ1n) is 6.62. The number of nitrogens with two attached hydrogens (primary N) is 1. The summed E-state index contributed by atoms with van der Waals surface area (Å²) < 4.78 is 17.5. The molecular formula is C14H21N3O3. The fourth-order valence-corrected chi connectivity index (χ4v) is 2.06. The molecule has 0 aliphatic heterocycles. The quantitative estimate of drug-likeness (QED) is 0.744. The van der Waals surface area contributed by atoms with Gasteiger partial charge in [0.05, 0.1) is 31.4 Å². The standard InChI is InChI=1S/C14H21N3O3/c1-18-8-9-20-7-3-6-17-13-5-4-11(19-2)10-12(13)16-14(17)15/h4-5,10H,3,6-9H2,1-2H3,(H2,15,16). The van der Waals surface area contributed by atoms with E-state index < -0.39 is 0 Å². The van der Waals surface area contributed by atoms with Gasteiger partial charge >= 0.3 is 0 Å². The number of hydrogen-bond acceptors (Lipinski definition) is 5. The highest BCUT2D eigenvalue weighted by Crippen LogP contribution is 2.22. The van der Waals surface area contributed by atoms with Gasteiger partial charge in [0, 0.05) is 26.3 Å². The van der Waals surface area contributed by atoms with E-state index in [-0.39, 0.29) is 0 Å². The molecule has 0 fully saturated rings. The molecule has 20 heavy (non-hydrogen) atoms. The van der Waals surface area contributed by atoms with E-state index in [0.29, 0.717) is 25.8 Å². The molecule has 2 N–H and O–H groups in total. The number of rotatable bonds is 8.